The summed E-state index contributed by atoms with van der Waals surface area (Å²) in [5.74, 6) is 0.973. The number of hydrogen-bond donors (Lipinski definition) is 1. The van der Waals surface area contributed by atoms with Gasteiger partial charge in [0, 0.05) is 26.2 Å². The van der Waals surface area contributed by atoms with E-state index >= 15 is 0 Å². The predicted octanol–water partition coefficient (Wildman–Crippen LogP) is 1.49. The number of hydrogen-bond acceptors (Lipinski definition) is 3. The minimum absolute atomic E-state index is 0.121. The lowest BCUT2D eigenvalue weighted by Crippen LogP contribution is -2.59. The van der Waals surface area contributed by atoms with E-state index in [1.807, 2.05) is 0 Å². The van der Waals surface area contributed by atoms with Gasteiger partial charge >= 0.3 is 0 Å². The van der Waals surface area contributed by atoms with Crippen LogP contribution in [0.15, 0.2) is 0 Å². The van der Waals surface area contributed by atoms with E-state index in [4.69, 9.17) is 4.74 Å². The second-order valence-electron chi connectivity index (χ2n) is 5.59. The average molecular weight is 226 g/mol. The van der Waals surface area contributed by atoms with E-state index in [0.717, 1.165) is 38.7 Å². The minimum Gasteiger partial charge on any atom is -0.371 e. The van der Waals surface area contributed by atoms with Crippen molar-refractivity contribution in [3.63, 3.8) is 0 Å². The Labute approximate surface area is 99.5 Å². The third-order valence-corrected chi connectivity index (χ3v) is 4.04. The molecule has 0 unspecified atom stereocenters. The molecule has 0 radical (unpaired) electrons. The van der Waals surface area contributed by atoms with Gasteiger partial charge in [0.15, 0.2) is 0 Å². The molecule has 0 aromatic carbocycles. The molecule has 1 saturated carbocycles. The molecule has 1 N–H and O–H groups in total. The van der Waals surface area contributed by atoms with Crippen LogP contribution < -0.4 is 5.32 Å². The first-order chi connectivity index (χ1) is 7.72. The minimum atomic E-state index is 0.121. The normalized spacial score (nSPS) is 24.2. The van der Waals surface area contributed by atoms with Gasteiger partial charge < -0.3 is 15.0 Å². The smallest absolute Gasteiger partial charge is 0.0902 e. The van der Waals surface area contributed by atoms with E-state index in [1.54, 1.807) is 0 Å². The van der Waals surface area contributed by atoms with Crippen molar-refractivity contribution in [3.8, 4) is 0 Å². The van der Waals surface area contributed by atoms with Crippen LogP contribution in [-0.4, -0.2) is 49.8 Å². The van der Waals surface area contributed by atoms with E-state index in [-0.39, 0.29) is 5.60 Å². The Morgan fingerprint density at radius 1 is 1.38 bits per heavy atom. The third kappa shape index (κ3) is 3.19. The molecule has 3 nitrogen and oxygen atoms in total. The van der Waals surface area contributed by atoms with Gasteiger partial charge in [-0.05, 0) is 32.2 Å². The van der Waals surface area contributed by atoms with Gasteiger partial charge in [-0.25, -0.2) is 0 Å². The summed E-state index contributed by atoms with van der Waals surface area (Å²) in [7, 11) is 0. The lowest BCUT2D eigenvalue weighted by Gasteiger charge is -2.40. The quantitative estimate of drug-likeness (QED) is 0.712. The number of nitrogens with zero attached hydrogens (tertiary/aromatic N) is 1. The van der Waals surface area contributed by atoms with Crippen LogP contribution in [0, 0.1) is 5.92 Å². The largest absolute Gasteiger partial charge is 0.371 e. The maximum Gasteiger partial charge on any atom is 0.0902 e. The molecule has 0 atom stereocenters. The molecule has 3 heteroatoms. The van der Waals surface area contributed by atoms with Crippen molar-refractivity contribution in [2.45, 2.75) is 38.7 Å². The Kier molecular flexibility index (Phi) is 4.22. The molecule has 1 heterocycles. The lowest BCUT2D eigenvalue weighted by molar-refractivity contribution is -0.0729. The molecule has 0 aromatic heterocycles. The van der Waals surface area contributed by atoms with Gasteiger partial charge in [-0.2, -0.15) is 0 Å². The monoisotopic (exact) mass is 226 g/mol. The summed E-state index contributed by atoms with van der Waals surface area (Å²) in [6.45, 7) is 10.9. The molecule has 2 aliphatic rings. The van der Waals surface area contributed by atoms with E-state index in [0.29, 0.717) is 0 Å². The number of likely N-dealkylation sites (N-methyl/N-ethyl adjacent to an activating group) is 1. The van der Waals surface area contributed by atoms with Gasteiger partial charge in [-0.1, -0.05) is 13.3 Å². The standard InChI is InChI=1S/C13H26N2O/c1-3-15(9-12-5-4-6-12)7-8-16-13(2)10-14-11-13/h12,14H,3-11H2,1-2H3. The fourth-order valence-corrected chi connectivity index (χ4v) is 2.42. The maximum absolute atomic E-state index is 5.93. The Hall–Kier alpha value is -0.120. The van der Waals surface area contributed by atoms with Crippen molar-refractivity contribution in [1.82, 2.24) is 10.2 Å². The van der Waals surface area contributed by atoms with E-state index in [2.05, 4.69) is 24.1 Å². The molecule has 0 bridgehead atoms. The van der Waals surface area contributed by atoms with Gasteiger partial charge in [0.1, 0.15) is 0 Å². The van der Waals surface area contributed by atoms with Gasteiger partial charge in [-0.3, -0.25) is 0 Å². The highest BCUT2D eigenvalue weighted by molar-refractivity contribution is 4.90. The zero-order chi connectivity index (χ0) is 11.4. The third-order valence-electron chi connectivity index (χ3n) is 4.04. The van der Waals surface area contributed by atoms with Crippen LogP contribution in [0.25, 0.3) is 0 Å². The van der Waals surface area contributed by atoms with E-state index in [1.165, 1.54) is 25.8 Å². The molecule has 94 valence electrons. The van der Waals surface area contributed by atoms with Gasteiger partial charge in [-0.15, -0.1) is 0 Å². The Balaban J connectivity index is 1.58. The van der Waals surface area contributed by atoms with Crippen LogP contribution in [0.5, 0.6) is 0 Å². The Morgan fingerprint density at radius 2 is 2.12 bits per heavy atom. The van der Waals surface area contributed by atoms with Crippen molar-refractivity contribution >= 4 is 0 Å². The Morgan fingerprint density at radius 3 is 2.56 bits per heavy atom. The topological polar surface area (TPSA) is 24.5 Å². The van der Waals surface area contributed by atoms with Gasteiger partial charge in [0.25, 0.3) is 0 Å². The van der Waals surface area contributed by atoms with Crippen LogP contribution in [0.1, 0.15) is 33.1 Å². The highest BCUT2D eigenvalue weighted by Gasteiger charge is 2.32. The van der Waals surface area contributed by atoms with Crippen LogP contribution >= 0.6 is 0 Å². The fourth-order valence-electron chi connectivity index (χ4n) is 2.42. The van der Waals surface area contributed by atoms with Gasteiger partial charge in [0.05, 0.1) is 12.2 Å². The summed E-state index contributed by atoms with van der Waals surface area (Å²) < 4.78 is 5.93. The van der Waals surface area contributed by atoms with Crippen molar-refractivity contribution < 1.29 is 4.74 Å². The van der Waals surface area contributed by atoms with Crippen LogP contribution in [0.3, 0.4) is 0 Å². The number of ether oxygens (including phenoxy) is 1. The fraction of sp³-hybridized carbons (Fsp3) is 1.00. The number of rotatable bonds is 7. The van der Waals surface area contributed by atoms with Crippen LogP contribution in [0.4, 0.5) is 0 Å². The lowest BCUT2D eigenvalue weighted by atomic mass is 9.85. The summed E-state index contributed by atoms with van der Waals surface area (Å²) in [4.78, 5) is 2.54. The molecule has 16 heavy (non-hydrogen) atoms. The average Bonchev–Trinajstić information content (AvgIpc) is 2.18. The molecule has 1 aliphatic carbocycles. The molecular formula is C13H26N2O. The van der Waals surface area contributed by atoms with Crippen molar-refractivity contribution in [2.24, 2.45) is 5.92 Å². The Bertz CT molecular complexity index is 212. The summed E-state index contributed by atoms with van der Waals surface area (Å²) in [6.07, 6.45) is 4.33. The van der Waals surface area contributed by atoms with Crippen LogP contribution in [-0.2, 0) is 4.74 Å². The van der Waals surface area contributed by atoms with Crippen molar-refractivity contribution in [1.29, 1.82) is 0 Å². The summed E-state index contributed by atoms with van der Waals surface area (Å²) in [5.41, 5.74) is 0.121. The SMILES string of the molecule is CCN(CCOC1(C)CNC1)CC1CCC1. The molecule has 2 rings (SSSR count). The van der Waals surface area contributed by atoms with E-state index in [9.17, 15) is 0 Å². The van der Waals surface area contributed by atoms with Gasteiger partial charge in [0.2, 0.25) is 0 Å². The zero-order valence-electron chi connectivity index (χ0n) is 10.8. The molecular weight excluding hydrogens is 200 g/mol. The predicted molar refractivity (Wildman–Crippen MR) is 66.7 cm³/mol. The maximum atomic E-state index is 5.93. The first-order valence-electron chi connectivity index (χ1n) is 6.79. The summed E-state index contributed by atoms with van der Waals surface area (Å²) in [5, 5.41) is 3.27. The second kappa shape index (κ2) is 5.48. The second-order valence-corrected chi connectivity index (χ2v) is 5.59. The van der Waals surface area contributed by atoms with E-state index < -0.39 is 0 Å². The molecule has 0 aromatic rings. The first kappa shape index (κ1) is 12.3. The first-order valence-corrected chi connectivity index (χ1v) is 6.79. The summed E-state index contributed by atoms with van der Waals surface area (Å²) in [6, 6.07) is 0. The highest BCUT2D eigenvalue weighted by Crippen LogP contribution is 2.27. The zero-order valence-corrected chi connectivity index (χ0v) is 10.8. The number of nitrogens with one attached hydrogen (secondary N) is 1. The molecule has 1 saturated heterocycles. The summed E-state index contributed by atoms with van der Waals surface area (Å²) >= 11 is 0. The molecule has 0 amide bonds. The molecule has 2 fully saturated rings. The molecule has 0 spiro atoms. The van der Waals surface area contributed by atoms with Crippen molar-refractivity contribution in [3.05, 3.63) is 0 Å². The van der Waals surface area contributed by atoms with Crippen LogP contribution in [0.2, 0.25) is 0 Å². The molecule has 1 aliphatic heterocycles. The highest BCUT2D eigenvalue weighted by atomic mass is 16.5. The van der Waals surface area contributed by atoms with Crippen molar-refractivity contribution in [2.75, 3.05) is 39.3 Å².